The molecule has 6 heterocycles. The van der Waals surface area contributed by atoms with Crippen LogP contribution in [0.3, 0.4) is 0 Å². The summed E-state index contributed by atoms with van der Waals surface area (Å²) < 4.78 is 45.2. The van der Waals surface area contributed by atoms with Gasteiger partial charge < -0.3 is 133 Å². The predicted molar refractivity (Wildman–Crippen MR) is 447 cm³/mol. The third kappa shape index (κ3) is 22.3. The number of fused-ring (bicyclic) bond motifs is 6. The van der Waals surface area contributed by atoms with Gasteiger partial charge in [0.15, 0.2) is 23.9 Å². The summed E-state index contributed by atoms with van der Waals surface area (Å²) in [6.45, 7) is 7.47. The Kier molecular flexibility index (Phi) is 31.1. The monoisotopic (exact) mass is 1790 g/mol. The number of aliphatic hydroxyl groups is 5. The van der Waals surface area contributed by atoms with Gasteiger partial charge in [-0.05, 0) is 158 Å². The lowest BCUT2D eigenvalue weighted by Crippen LogP contribution is -2.65. The summed E-state index contributed by atoms with van der Waals surface area (Å²) in [6.07, 6.45) is -18.0. The molecule has 7 aromatic carbocycles. The first-order chi connectivity index (χ1) is 59.0. The van der Waals surface area contributed by atoms with Crippen LogP contribution in [0.15, 0.2) is 133 Å². The summed E-state index contributed by atoms with van der Waals surface area (Å²) in [5.74, 6) is -12.8. The lowest BCUT2D eigenvalue weighted by atomic mass is 9.84. The molecule has 10 bridgehead atoms. The van der Waals surface area contributed by atoms with Crippen molar-refractivity contribution in [2.75, 3.05) is 26.7 Å². The minimum atomic E-state index is -2.27. The molecule has 0 radical (unpaired) electrons. The van der Waals surface area contributed by atoms with Crippen LogP contribution in [0.1, 0.15) is 112 Å². The number of amides is 8. The fourth-order valence-corrected chi connectivity index (χ4v) is 15.3. The molecular formula is C83H94Cl4N14O23. The number of nitrogens with one attached hydrogen (secondary N) is 9. The summed E-state index contributed by atoms with van der Waals surface area (Å²) in [5, 5.41) is 123. The molecule has 8 amide bonds. The number of aromatic hydroxyl groups is 3. The van der Waals surface area contributed by atoms with Crippen molar-refractivity contribution in [3.05, 3.63) is 191 Å². The van der Waals surface area contributed by atoms with Gasteiger partial charge in [-0.1, -0.05) is 108 Å². The van der Waals surface area contributed by atoms with Crippen LogP contribution in [0.25, 0.3) is 21.6 Å². The van der Waals surface area contributed by atoms with Crippen molar-refractivity contribution in [3.63, 3.8) is 0 Å². The molecule has 2 saturated heterocycles. The van der Waals surface area contributed by atoms with Gasteiger partial charge in [-0.25, -0.2) is 0 Å². The van der Waals surface area contributed by atoms with E-state index in [0.29, 0.717) is 15.8 Å². The average Bonchev–Trinajstić information content (AvgIpc) is 0.815. The number of azide groups is 1. The molecule has 7 aromatic rings. The van der Waals surface area contributed by atoms with Crippen LogP contribution in [-0.2, 0) is 65.7 Å². The maximum absolute atomic E-state index is 15.4. The predicted octanol–water partition coefficient (Wildman–Crippen LogP) is 5.47. The number of benzene rings is 7. The van der Waals surface area contributed by atoms with Crippen molar-refractivity contribution < 1.29 is 112 Å². The Morgan fingerprint density at radius 3 is 1.99 bits per heavy atom. The highest BCUT2D eigenvalue weighted by Gasteiger charge is 2.52. The number of phenols is 3. The molecular weight excluding hydrogens is 1700 g/mol. The number of carbonyl (C=O) groups is 8. The number of rotatable bonds is 22. The van der Waals surface area contributed by atoms with Gasteiger partial charge >= 0.3 is 0 Å². The average molecular weight is 1800 g/mol. The highest BCUT2D eigenvalue weighted by atomic mass is 35.5. The maximum atomic E-state index is 15.4. The Hall–Kier alpha value is -11.1. The molecule has 662 valence electrons. The third-order valence-electron chi connectivity index (χ3n) is 21.1. The Balaban J connectivity index is 1.01. The number of hydrogen-bond acceptors (Lipinski definition) is 27. The van der Waals surface area contributed by atoms with E-state index < -0.39 is 198 Å². The first-order valence-electron chi connectivity index (χ1n) is 39.1. The van der Waals surface area contributed by atoms with E-state index in [1.165, 1.54) is 49.5 Å². The molecule has 0 aromatic heterocycles. The quantitative estimate of drug-likeness (QED) is 0.0227. The van der Waals surface area contributed by atoms with E-state index >= 15 is 9.59 Å². The van der Waals surface area contributed by atoms with Crippen LogP contribution in [0.4, 0.5) is 0 Å². The van der Waals surface area contributed by atoms with Crippen molar-refractivity contribution in [3.8, 4) is 62.9 Å². The Bertz CT molecular complexity index is 5180. The molecule has 10 unspecified atom stereocenters. The van der Waals surface area contributed by atoms with Crippen LogP contribution in [0.2, 0.25) is 20.1 Å². The second-order valence-electron chi connectivity index (χ2n) is 30.7. The zero-order valence-electron chi connectivity index (χ0n) is 67.4. The van der Waals surface area contributed by atoms with Crippen molar-refractivity contribution >= 4 is 93.7 Å². The number of halogens is 4. The number of carbonyl (C=O) groups excluding carboxylic acids is 8. The molecule has 6 aliphatic heterocycles. The van der Waals surface area contributed by atoms with E-state index in [9.17, 15) is 75.2 Å². The third-order valence-corrected chi connectivity index (χ3v) is 22.4. The molecule has 0 saturated carbocycles. The topological polar surface area (TPSA) is 572 Å². The highest BCUT2D eigenvalue weighted by Crippen LogP contribution is 2.49. The first kappa shape index (κ1) is 93.6. The highest BCUT2D eigenvalue weighted by molar-refractivity contribution is 6.42. The van der Waals surface area contributed by atoms with E-state index in [2.05, 4.69) is 57.9 Å². The molecule has 2 fully saturated rings. The van der Waals surface area contributed by atoms with E-state index in [4.69, 9.17) is 91.0 Å². The normalized spacial score (nSPS) is 25.8. The zero-order chi connectivity index (χ0) is 89.9. The molecule has 41 heteroatoms. The van der Waals surface area contributed by atoms with Crippen LogP contribution < -0.4 is 78.3 Å². The smallest absolute Gasteiger partial charge is 0.247 e. The van der Waals surface area contributed by atoms with Crippen LogP contribution in [0, 0.1) is 5.92 Å². The Morgan fingerprint density at radius 1 is 0.702 bits per heavy atom. The largest absolute Gasteiger partial charge is 0.508 e. The van der Waals surface area contributed by atoms with Gasteiger partial charge in [-0.2, -0.15) is 0 Å². The number of nitrogens with zero attached hydrogens (tertiary/aromatic N) is 3. The molecule has 0 spiro atoms. The van der Waals surface area contributed by atoms with Gasteiger partial charge in [-0.3, -0.25) is 38.4 Å². The second kappa shape index (κ2) is 41.2. The summed E-state index contributed by atoms with van der Waals surface area (Å²) in [4.78, 5) is 119. The molecule has 18 atom stereocenters. The van der Waals surface area contributed by atoms with Gasteiger partial charge in [0, 0.05) is 53.7 Å². The summed E-state index contributed by atoms with van der Waals surface area (Å²) in [5.41, 5.74) is 19.5. The van der Waals surface area contributed by atoms with Crippen molar-refractivity contribution in [2.24, 2.45) is 22.5 Å². The number of primary amides is 1. The second-order valence-corrected chi connectivity index (χ2v) is 32.3. The van der Waals surface area contributed by atoms with E-state index in [-0.39, 0.29) is 106 Å². The molecule has 6 aliphatic rings. The number of ether oxygens (including phenoxy) is 7. The lowest BCUT2D eigenvalue weighted by Gasteiger charge is -2.48. The molecule has 124 heavy (non-hydrogen) atoms. The molecule has 37 nitrogen and oxygen atoms in total. The van der Waals surface area contributed by atoms with E-state index in [1.807, 2.05) is 26.0 Å². The Morgan fingerprint density at radius 2 is 1.36 bits per heavy atom. The molecule has 13 rings (SSSR count). The van der Waals surface area contributed by atoms with Crippen LogP contribution in [-0.4, -0.2) is 200 Å². The number of phenolic OH excluding ortho intramolecular Hbond substituents is 3. The first-order valence-corrected chi connectivity index (χ1v) is 40.7. The number of aliphatic hydroxyl groups excluding tert-OH is 5. The zero-order valence-corrected chi connectivity index (χ0v) is 70.4. The minimum absolute atomic E-state index is 0.119. The Labute approximate surface area is 729 Å². The number of hydrogen-bond donors (Lipinski definition) is 19. The van der Waals surface area contributed by atoms with Gasteiger partial charge in [0.05, 0.1) is 57.4 Å². The van der Waals surface area contributed by atoms with E-state index in [0.717, 1.165) is 60.5 Å². The van der Waals surface area contributed by atoms with Gasteiger partial charge in [0.1, 0.15) is 102 Å². The fraction of sp³-hybridized carbons (Fsp3) is 0.398. The summed E-state index contributed by atoms with van der Waals surface area (Å²) >= 11 is 26.6. The van der Waals surface area contributed by atoms with Gasteiger partial charge in [0.2, 0.25) is 59.3 Å². The maximum Gasteiger partial charge on any atom is 0.247 e. The summed E-state index contributed by atoms with van der Waals surface area (Å²) in [7, 11) is 1.47. The minimum Gasteiger partial charge on any atom is -0.508 e. The lowest BCUT2D eigenvalue weighted by molar-refractivity contribution is -0.331. The van der Waals surface area contributed by atoms with Crippen LogP contribution in [0.5, 0.6) is 51.7 Å². The van der Waals surface area contributed by atoms with Crippen molar-refractivity contribution in [2.45, 2.75) is 176 Å². The SMILES string of the molecule is CN[C@H](CC(C)C)C(=O)N[C@H]1C(=O)N[C@@H](CC(N)=O)C(=O)N[C@H](C)C(=O)NC2C(=O)N[C@H](C(=O)N[C@H](C(=O)NCCN)c3cc(O)cc(O)c3-c3cc2ccc3O)[C@H](O)c2ccc(c(Cl)c2)Oc2cccc(c2OC2OC(CN=[N+]=[N-])C(O)C(O)C2OC2CC(C)(NCc3ccc(OCc4ccc(Cl)c(Cl)c4)cc3)C(O)C(C)O2)Oc2ccc(cc2Cl)[C@H]1O. The van der Waals surface area contributed by atoms with Crippen molar-refractivity contribution in [1.82, 2.24) is 47.9 Å². The van der Waals surface area contributed by atoms with Gasteiger partial charge in [-0.15, -0.1) is 0 Å². The van der Waals surface area contributed by atoms with Crippen LogP contribution >= 0.6 is 46.4 Å². The standard InChI is InChI=1S/C83H94Cl4N14O23/c1-36(2)24-52(91-6)76(112)99-66-68(106)42-14-20-56(50(86)27-42)120-58-8-7-9-59(72(58)124-82-73(71(109)70(108)60(122-82)34-94-101-90)123-62-32-83(5,74(110)38(4)119-62)93-33-39-10-16-45(17-11-39)118-35-40-12-18-48(84)49(85)25-40)121-57-21-15-43(28-51(57)87)69(107)67-81(117)98-65(78(114)92-23-22-88)47-29-44(102)30-55(104)63(47)46-26-41(13-19-54(46)103)64(79(115)100-67)97-75(111)37(3)95-77(113)53(31-61(89)105)96-80(66)116/h7-21,25-30,36-38,52-53,60,62,64-71,73-74,82,91,93,102-104,106-110H,22-24,31-35,88H2,1-6H3,(H2,89,105)(H,92,114)(H,95,113)(H,96,116)(H,97,111)(H,98,117)(H,99,112)(H,100,115)/t37-,38?,52-,53+,60?,62?,64?,65+,66-,67+,68-,69-,70?,71?,73?,74?,82?,83?/m1/s1. The molecule has 21 N–H and O–H groups in total. The summed E-state index contributed by atoms with van der Waals surface area (Å²) in [6, 6.07) is 15.5. The molecule has 0 aliphatic carbocycles. The number of nitrogens with two attached hydrogens (primary N) is 2. The number of likely N-dealkylation sites (N-methyl/N-ethyl adjacent to an activating group) is 1. The number of para-hydroxylation sites is 1. The van der Waals surface area contributed by atoms with Gasteiger partial charge in [0.25, 0.3) is 0 Å². The van der Waals surface area contributed by atoms with E-state index in [1.54, 1.807) is 44.2 Å². The fourth-order valence-electron chi connectivity index (χ4n) is 14.5. The van der Waals surface area contributed by atoms with Crippen molar-refractivity contribution in [1.29, 1.82) is 0 Å².